The summed E-state index contributed by atoms with van der Waals surface area (Å²) in [4.78, 5) is 12.5. The predicted octanol–water partition coefficient (Wildman–Crippen LogP) is 4.04. The number of carbonyl (C=O) groups excluding carboxylic acids is 1. The lowest BCUT2D eigenvalue weighted by molar-refractivity contribution is 0.102. The van der Waals surface area contributed by atoms with Gasteiger partial charge in [0.05, 0.1) is 18.6 Å². The van der Waals surface area contributed by atoms with Gasteiger partial charge in [0.25, 0.3) is 0 Å². The van der Waals surface area contributed by atoms with Crippen LogP contribution in [0, 0.1) is 0 Å². The van der Waals surface area contributed by atoms with E-state index in [2.05, 4.69) is 15.5 Å². The summed E-state index contributed by atoms with van der Waals surface area (Å²) in [5.41, 5.74) is 1.40. The van der Waals surface area contributed by atoms with Gasteiger partial charge in [0.15, 0.2) is 21.6 Å². The van der Waals surface area contributed by atoms with Gasteiger partial charge in [-0.2, -0.15) is 0 Å². The molecule has 1 aromatic heterocycles. The van der Waals surface area contributed by atoms with Crippen LogP contribution in [0.5, 0.6) is 17.2 Å². The minimum absolute atomic E-state index is 0.00332. The van der Waals surface area contributed by atoms with E-state index in [0.29, 0.717) is 39.7 Å². The molecular weight excluding hydrogens is 398 g/mol. The SMILES string of the molecule is COc1ccccc1Nc1nnc(SCC(=O)c2ccc3c(c2)OCCO3)s1. The monoisotopic (exact) mass is 415 g/mol. The van der Waals surface area contributed by atoms with Crippen LogP contribution in [-0.2, 0) is 0 Å². The lowest BCUT2D eigenvalue weighted by atomic mass is 10.1. The molecule has 0 saturated heterocycles. The van der Waals surface area contributed by atoms with Crippen molar-refractivity contribution >= 4 is 39.7 Å². The second kappa shape index (κ2) is 8.49. The molecule has 2 heterocycles. The highest BCUT2D eigenvalue weighted by Gasteiger charge is 2.16. The molecular formula is C19H17N3O4S2. The molecule has 0 radical (unpaired) electrons. The fourth-order valence-electron chi connectivity index (χ4n) is 2.61. The Labute approximate surface area is 170 Å². The number of anilines is 2. The summed E-state index contributed by atoms with van der Waals surface area (Å²) >= 11 is 2.74. The lowest BCUT2D eigenvalue weighted by Gasteiger charge is -2.18. The van der Waals surface area contributed by atoms with Crippen LogP contribution in [0.3, 0.4) is 0 Å². The van der Waals surface area contributed by atoms with Crippen LogP contribution < -0.4 is 19.5 Å². The first-order valence-electron chi connectivity index (χ1n) is 8.52. The normalized spacial score (nSPS) is 12.5. The maximum atomic E-state index is 12.5. The first-order valence-corrected chi connectivity index (χ1v) is 10.3. The average molecular weight is 415 g/mol. The number of para-hydroxylation sites is 2. The van der Waals surface area contributed by atoms with Gasteiger partial charge in [-0.3, -0.25) is 4.79 Å². The van der Waals surface area contributed by atoms with Gasteiger partial charge in [0, 0.05) is 5.56 Å². The highest BCUT2D eigenvalue weighted by Crippen LogP contribution is 2.33. The molecule has 9 heteroatoms. The molecule has 0 aliphatic carbocycles. The van der Waals surface area contributed by atoms with Crippen LogP contribution in [0.2, 0.25) is 0 Å². The number of fused-ring (bicyclic) bond motifs is 1. The molecule has 0 spiro atoms. The Morgan fingerprint density at radius 3 is 2.86 bits per heavy atom. The largest absolute Gasteiger partial charge is 0.495 e. The Bertz CT molecular complexity index is 993. The molecule has 7 nitrogen and oxygen atoms in total. The predicted molar refractivity (Wildman–Crippen MR) is 109 cm³/mol. The van der Waals surface area contributed by atoms with Crippen LogP contribution in [-0.4, -0.2) is 42.1 Å². The minimum Gasteiger partial charge on any atom is -0.495 e. The molecule has 0 unspecified atom stereocenters. The van der Waals surface area contributed by atoms with Crippen molar-refractivity contribution in [3.63, 3.8) is 0 Å². The average Bonchev–Trinajstić information content (AvgIpc) is 3.19. The van der Waals surface area contributed by atoms with Crippen LogP contribution in [0.4, 0.5) is 10.8 Å². The number of nitrogens with one attached hydrogen (secondary N) is 1. The van der Waals surface area contributed by atoms with Crippen molar-refractivity contribution in [1.82, 2.24) is 10.2 Å². The zero-order valence-electron chi connectivity index (χ0n) is 15.0. The number of benzene rings is 2. The molecule has 0 atom stereocenters. The van der Waals surface area contributed by atoms with Crippen LogP contribution in [0.1, 0.15) is 10.4 Å². The fourth-order valence-corrected chi connectivity index (χ4v) is 4.27. The summed E-state index contributed by atoms with van der Waals surface area (Å²) < 4.78 is 17.0. The fraction of sp³-hybridized carbons (Fsp3) is 0.211. The molecule has 0 bridgehead atoms. The van der Waals surface area contributed by atoms with E-state index >= 15 is 0 Å². The van der Waals surface area contributed by atoms with Crippen molar-refractivity contribution in [3.8, 4) is 17.2 Å². The Hall–Kier alpha value is -2.78. The number of hydrogen-bond acceptors (Lipinski definition) is 9. The Morgan fingerprint density at radius 1 is 1.18 bits per heavy atom. The molecule has 0 saturated carbocycles. The van der Waals surface area contributed by atoms with Gasteiger partial charge in [-0.05, 0) is 30.3 Å². The van der Waals surface area contributed by atoms with Crippen LogP contribution in [0.25, 0.3) is 0 Å². The van der Waals surface area contributed by atoms with Gasteiger partial charge in [-0.15, -0.1) is 10.2 Å². The second-order valence-corrected chi connectivity index (χ2v) is 7.97. The van der Waals surface area contributed by atoms with Crippen molar-refractivity contribution in [2.75, 3.05) is 31.4 Å². The van der Waals surface area contributed by atoms with Crippen molar-refractivity contribution < 1.29 is 19.0 Å². The van der Waals surface area contributed by atoms with E-state index < -0.39 is 0 Å². The number of thioether (sulfide) groups is 1. The summed E-state index contributed by atoms with van der Waals surface area (Å²) in [7, 11) is 1.62. The second-order valence-electron chi connectivity index (χ2n) is 5.77. The van der Waals surface area contributed by atoms with Gasteiger partial charge >= 0.3 is 0 Å². The van der Waals surface area contributed by atoms with Crippen molar-refractivity contribution in [2.24, 2.45) is 0 Å². The van der Waals surface area contributed by atoms with Gasteiger partial charge in [-0.1, -0.05) is 35.2 Å². The molecule has 144 valence electrons. The van der Waals surface area contributed by atoms with Crippen LogP contribution >= 0.6 is 23.1 Å². The molecule has 1 aliphatic rings. The number of carbonyl (C=O) groups is 1. The third-order valence-electron chi connectivity index (χ3n) is 3.95. The number of hydrogen-bond donors (Lipinski definition) is 1. The topological polar surface area (TPSA) is 82.6 Å². The van der Waals surface area contributed by atoms with Gasteiger partial charge in [-0.25, -0.2) is 0 Å². The van der Waals surface area contributed by atoms with E-state index in [9.17, 15) is 4.79 Å². The third kappa shape index (κ3) is 4.20. The molecule has 0 amide bonds. The Kier molecular flexibility index (Phi) is 5.63. The Morgan fingerprint density at radius 2 is 2.00 bits per heavy atom. The van der Waals surface area contributed by atoms with E-state index in [-0.39, 0.29) is 11.5 Å². The molecule has 0 fully saturated rings. The van der Waals surface area contributed by atoms with Crippen molar-refractivity contribution in [2.45, 2.75) is 4.34 Å². The zero-order valence-corrected chi connectivity index (χ0v) is 16.6. The molecule has 4 rings (SSSR count). The zero-order chi connectivity index (χ0) is 19.3. The molecule has 3 aromatic rings. The number of ketones is 1. The van der Waals surface area contributed by atoms with Crippen LogP contribution in [0.15, 0.2) is 46.8 Å². The van der Waals surface area contributed by atoms with E-state index in [0.717, 1.165) is 11.4 Å². The molecule has 28 heavy (non-hydrogen) atoms. The smallest absolute Gasteiger partial charge is 0.210 e. The summed E-state index contributed by atoms with van der Waals surface area (Å²) in [6.45, 7) is 1.02. The molecule has 2 aromatic carbocycles. The summed E-state index contributed by atoms with van der Waals surface area (Å²) in [6.07, 6.45) is 0. The van der Waals surface area contributed by atoms with E-state index in [1.807, 2.05) is 24.3 Å². The maximum absolute atomic E-state index is 12.5. The standard InChI is InChI=1S/C19H17N3O4S2/c1-24-15-5-3-2-4-13(15)20-18-21-22-19(28-18)27-11-14(23)12-6-7-16-17(10-12)26-9-8-25-16/h2-7,10H,8-9,11H2,1H3,(H,20,21). The first kappa shape index (κ1) is 18.6. The van der Waals surface area contributed by atoms with Crippen molar-refractivity contribution in [1.29, 1.82) is 0 Å². The van der Waals surface area contributed by atoms with Gasteiger partial charge < -0.3 is 19.5 Å². The van der Waals surface area contributed by atoms with Gasteiger partial charge in [0.2, 0.25) is 5.13 Å². The third-order valence-corrected chi connectivity index (χ3v) is 5.92. The number of nitrogens with zero attached hydrogens (tertiary/aromatic N) is 2. The summed E-state index contributed by atoms with van der Waals surface area (Å²) in [5.74, 6) is 2.27. The lowest BCUT2D eigenvalue weighted by Crippen LogP contribution is -2.16. The first-order chi connectivity index (χ1) is 13.7. The quantitative estimate of drug-likeness (QED) is 0.457. The number of rotatable bonds is 7. The molecule has 1 aliphatic heterocycles. The minimum atomic E-state index is -0.00332. The van der Waals surface area contributed by atoms with E-state index in [1.54, 1.807) is 25.3 Å². The summed E-state index contributed by atoms with van der Waals surface area (Å²) in [6, 6.07) is 12.8. The van der Waals surface area contributed by atoms with E-state index in [4.69, 9.17) is 14.2 Å². The number of Topliss-reactive ketones (excluding diaryl/α,β-unsaturated/α-hetero) is 1. The summed E-state index contributed by atoms with van der Waals surface area (Å²) in [5, 5.41) is 12.1. The number of methoxy groups -OCH3 is 1. The van der Waals surface area contributed by atoms with Gasteiger partial charge in [0.1, 0.15) is 19.0 Å². The molecule has 1 N–H and O–H groups in total. The maximum Gasteiger partial charge on any atom is 0.210 e. The highest BCUT2D eigenvalue weighted by molar-refractivity contribution is 8.01. The number of aromatic nitrogens is 2. The number of ether oxygens (including phenoxy) is 3. The Balaban J connectivity index is 1.37. The van der Waals surface area contributed by atoms with E-state index in [1.165, 1.54) is 23.1 Å². The highest BCUT2D eigenvalue weighted by atomic mass is 32.2. The van der Waals surface area contributed by atoms with Crippen molar-refractivity contribution in [3.05, 3.63) is 48.0 Å².